The maximum absolute atomic E-state index is 13.7. The Morgan fingerprint density at radius 2 is 1.62 bits per heavy atom. The summed E-state index contributed by atoms with van der Waals surface area (Å²) in [4.78, 5) is 32.8. The molecule has 0 bridgehead atoms. The molecular weight excluding hydrogens is 406 g/mol. The molecule has 2 aliphatic rings. The van der Waals surface area contributed by atoms with Crippen LogP contribution in [0.15, 0.2) is 54.2 Å². The van der Waals surface area contributed by atoms with E-state index in [-0.39, 0.29) is 18.4 Å². The Bertz CT molecular complexity index is 1020. The lowest BCUT2D eigenvalue weighted by Gasteiger charge is -2.36. The minimum absolute atomic E-state index is 0.105. The molecule has 0 radical (unpaired) electrons. The van der Waals surface area contributed by atoms with Crippen LogP contribution in [-0.2, 0) is 16.0 Å². The second-order valence-corrected chi connectivity index (χ2v) is 7.94. The van der Waals surface area contributed by atoms with Gasteiger partial charge < -0.3 is 14.7 Å². The molecule has 4 rings (SSSR count). The Labute approximate surface area is 188 Å². The fourth-order valence-corrected chi connectivity index (χ4v) is 4.36. The monoisotopic (exact) mass is 435 g/mol. The lowest BCUT2D eigenvalue weighted by molar-refractivity contribution is -0.120. The number of para-hydroxylation sites is 1. The number of hydrogen-bond acceptors (Lipinski definition) is 6. The van der Waals surface area contributed by atoms with E-state index in [1.165, 1.54) is 4.90 Å². The summed E-state index contributed by atoms with van der Waals surface area (Å²) in [6, 6.07) is 14.9. The third kappa shape index (κ3) is 4.01. The minimum Gasteiger partial charge on any atom is -0.496 e. The first-order valence-corrected chi connectivity index (χ1v) is 11.0. The number of imide groups is 1. The number of nitrogens with zero attached hydrogens (tertiary/aromatic N) is 3. The first-order chi connectivity index (χ1) is 15.6. The summed E-state index contributed by atoms with van der Waals surface area (Å²) in [7, 11) is 1.56. The summed E-state index contributed by atoms with van der Waals surface area (Å²) >= 11 is 0. The molecule has 168 valence electrons. The van der Waals surface area contributed by atoms with Gasteiger partial charge in [-0.15, -0.1) is 0 Å². The highest BCUT2D eigenvalue weighted by molar-refractivity contribution is 6.45. The number of piperazine rings is 1. The molecule has 1 saturated heterocycles. The van der Waals surface area contributed by atoms with Gasteiger partial charge in [-0.25, -0.2) is 4.90 Å². The van der Waals surface area contributed by atoms with Gasteiger partial charge in [-0.1, -0.05) is 37.3 Å². The molecule has 7 heteroatoms. The zero-order valence-electron chi connectivity index (χ0n) is 18.6. The van der Waals surface area contributed by atoms with Crippen LogP contribution in [0.2, 0.25) is 0 Å². The largest absolute Gasteiger partial charge is 0.496 e. The maximum atomic E-state index is 13.7. The van der Waals surface area contributed by atoms with Gasteiger partial charge in [0.2, 0.25) is 0 Å². The fraction of sp³-hybridized carbons (Fsp3) is 0.360. The van der Waals surface area contributed by atoms with Crippen LogP contribution in [-0.4, -0.2) is 73.2 Å². The van der Waals surface area contributed by atoms with Gasteiger partial charge in [0.1, 0.15) is 11.4 Å². The highest BCUT2D eigenvalue weighted by atomic mass is 16.5. The first-order valence-electron chi connectivity index (χ1n) is 11.0. The SMILES string of the molecule is CCc1ccc(N2C(=O)C(c3ccccc3OC)=C(N3CCN(CCO)CC3)C2=O)cc1. The standard InChI is InChI=1S/C25H29N3O4/c1-3-18-8-10-19(11-9-18)28-24(30)22(20-6-4-5-7-21(20)32-2)23(25(28)31)27-14-12-26(13-15-27)16-17-29/h4-11,29H,3,12-17H2,1-2H3. The van der Waals surface area contributed by atoms with Crippen LogP contribution in [0, 0.1) is 0 Å². The smallest absolute Gasteiger partial charge is 0.282 e. The number of carbonyl (C=O) groups excluding carboxylic acids is 2. The molecule has 2 heterocycles. The summed E-state index contributed by atoms with van der Waals surface area (Å²) < 4.78 is 5.53. The molecule has 0 spiro atoms. The Morgan fingerprint density at radius 1 is 0.938 bits per heavy atom. The van der Waals surface area contributed by atoms with E-state index < -0.39 is 0 Å². The third-order valence-electron chi connectivity index (χ3n) is 6.14. The zero-order valence-corrected chi connectivity index (χ0v) is 18.6. The van der Waals surface area contributed by atoms with Crippen molar-refractivity contribution in [2.45, 2.75) is 13.3 Å². The molecule has 0 atom stereocenters. The van der Waals surface area contributed by atoms with Crippen molar-refractivity contribution in [3.8, 4) is 5.75 Å². The van der Waals surface area contributed by atoms with E-state index in [4.69, 9.17) is 4.74 Å². The molecule has 0 saturated carbocycles. The van der Waals surface area contributed by atoms with E-state index in [1.54, 1.807) is 13.2 Å². The van der Waals surface area contributed by atoms with E-state index in [2.05, 4.69) is 11.8 Å². The Hall–Kier alpha value is -3.16. The molecule has 0 aromatic heterocycles. The Morgan fingerprint density at radius 3 is 2.25 bits per heavy atom. The van der Waals surface area contributed by atoms with Crippen LogP contribution in [0.25, 0.3) is 5.57 Å². The molecule has 2 aliphatic heterocycles. The molecule has 7 nitrogen and oxygen atoms in total. The van der Waals surface area contributed by atoms with Crippen LogP contribution in [0.3, 0.4) is 0 Å². The van der Waals surface area contributed by atoms with E-state index in [0.717, 1.165) is 25.1 Å². The summed E-state index contributed by atoms with van der Waals surface area (Å²) in [5, 5.41) is 9.24. The summed E-state index contributed by atoms with van der Waals surface area (Å²) in [6.07, 6.45) is 0.885. The van der Waals surface area contributed by atoms with E-state index in [9.17, 15) is 14.7 Å². The third-order valence-corrected chi connectivity index (χ3v) is 6.14. The van der Waals surface area contributed by atoms with Crippen molar-refractivity contribution in [1.82, 2.24) is 9.80 Å². The van der Waals surface area contributed by atoms with Crippen molar-refractivity contribution in [2.75, 3.05) is 51.3 Å². The number of anilines is 1. The highest BCUT2D eigenvalue weighted by Gasteiger charge is 2.43. The van der Waals surface area contributed by atoms with E-state index in [0.29, 0.717) is 47.9 Å². The Kier molecular flexibility index (Phi) is 6.58. The number of aliphatic hydroxyl groups is 1. The predicted molar refractivity (Wildman–Crippen MR) is 123 cm³/mol. The van der Waals surface area contributed by atoms with Crippen molar-refractivity contribution in [2.24, 2.45) is 0 Å². The predicted octanol–water partition coefficient (Wildman–Crippen LogP) is 2.15. The summed E-state index contributed by atoms with van der Waals surface area (Å²) in [5.74, 6) is -0.0875. The highest BCUT2D eigenvalue weighted by Crippen LogP contribution is 2.38. The molecule has 2 amide bonds. The van der Waals surface area contributed by atoms with Crippen LogP contribution >= 0.6 is 0 Å². The fourth-order valence-electron chi connectivity index (χ4n) is 4.36. The number of rotatable bonds is 7. The first kappa shape index (κ1) is 22.0. The van der Waals surface area contributed by atoms with Crippen LogP contribution in [0.4, 0.5) is 5.69 Å². The van der Waals surface area contributed by atoms with Gasteiger partial charge in [0, 0.05) is 38.3 Å². The van der Waals surface area contributed by atoms with Crippen molar-refractivity contribution >= 4 is 23.1 Å². The topological polar surface area (TPSA) is 73.3 Å². The molecular formula is C25H29N3O4. The van der Waals surface area contributed by atoms with Gasteiger partial charge in [-0.3, -0.25) is 14.5 Å². The van der Waals surface area contributed by atoms with Crippen LogP contribution < -0.4 is 9.64 Å². The van der Waals surface area contributed by atoms with Crippen molar-refractivity contribution in [3.63, 3.8) is 0 Å². The van der Waals surface area contributed by atoms with E-state index in [1.807, 2.05) is 47.4 Å². The second kappa shape index (κ2) is 9.54. The Balaban J connectivity index is 1.76. The molecule has 32 heavy (non-hydrogen) atoms. The minimum atomic E-state index is -0.337. The van der Waals surface area contributed by atoms with Crippen LogP contribution in [0.1, 0.15) is 18.1 Å². The summed E-state index contributed by atoms with van der Waals surface area (Å²) in [5.41, 5.74) is 3.13. The molecule has 2 aromatic rings. The molecule has 2 aromatic carbocycles. The lowest BCUT2D eigenvalue weighted by Crippen LogP contribution is -2.48. The van der Waals surface area contributed by atoms with Gasteiger partial charge in [-0.2, -0.15) is 0 Å². The second-order valence-electron chi connectivity index (χ2n) is 7.94. The summed E-state index contributed by atoms with van der Waals surface area (Å²) in [6.45, 7) is 5.43. The van der Waals surface area contributed by atoms with Gasteiger partial charge in [-0.05, 0) is 30.2 Å². The van der Waals surface area contributed by atoms with Gasteiger partial charge >= 0.3 is 0 Å². The average Bonchev–Trinajstić information content (AvgIpc) is 3.09. The van der Waals surface area contributed by atoms with Gasteiger partial charge in [0.15, 0.2) is 0 Å². The van der Waals surface area contributed by atoms with Gasteiger partial charge in [0.25, 0.3) is 11.8 Å². The number of methoxy groups -OCH3 is 1. The number of carbonyl (C=O) groups is 2. The van der Waals surface area contributed by atoms with Gasteiger partial charge in [0.05, 0.1) is 25.0 Å². The number of β-amino-alcohol motifs (C(OH)–C–C–N with tert-alkyl or cyclic N) is 1. The van der Waals surface area contributed by atoms with Crippen molar-refractivity contribution in [3.05, 3.63) is 65.4 Å². The van der Waals surface area contributed by atoms with E-state index >= 15 is 0 Å². The number of hydrogen-bond donors (Lipinski definition) is 1. The lowest BCUT2D eigenvalue weighted by atomic mass is 10.0. The van der Waals surface area contributed by atoms with Crippen molar-refractivity contribution in [1.29, 1.82) is 0 Å². The molecule has 1 N–H and O–H groups in total. The maximum Gasteiger partial charge on any atom is 0.282 e. The number of aliphatic hydroxyl groups excluding tert-OH is 1. The van der Waals surface area contributed by atoms with Crippen molar-refractivity contribution < 1.29 is 19.4 Å². The van der Waals surface area contributed by atoms with Crippen LogP contribution in [0.5, 0.6) is 5.75 Å². The number of benzene rings is 2. The number of ether oxygens (including phenoxy) is 1. The average molecular weight is 436 g/mol. The number of amides is 2. The molecule has 0 aliphatic carbocycles. The quantitative estimate of drug-likeness (QED) is 0.672. The number of aryl methyl sites for hydroxylation is 1. The zero-order chi connectivity index (χ0) is 22.7. The molecule has 1 fully saturated rings. The molecule has 0 unspecified atom stereocenters. The normalized spacial score (nSPS) is 17.5.